The highest BCUT2D eigenvalue weighted by atomic mass is 32.1. The van der Waals surface area contributed by atoms with Gasteiger partial charge in [0.25, 0.3) is 0 Å². The van der Waals surface area contributed by atoms with E-state index in [4.69, 9.17) is 11.5 Å². The molecule has 3 unspecified atom stereocenters. The first-order valence-corrected chi connectivity index (χ1v) is 13.0. The number of nitrogens with two attached hydrogens (primary N) is 2. The van der Waals surface area contributed by atoms with E-state index in [2.05, 4.69) is 76.3 Å². The minimum absolute atomic E-state index is 0.00358. The lowest BCUT2D eigenvalue weighted by atomic mass is 9.82. The van der Waals surface area contributed by atoms with Gasteiger partial charge in [0.15, 0.2) is 0 Å². The maximum atomic E-state index is 6.65. The van der Waals surface area contributed by atoms with Crippen molar-refractivity contribution in [3.63, 3.8) is 0 Å². The Bertz CT molecular complexity index is 1240. The Balaban J connectivity index is 1.51. The molecule has 0 amide bonds. The number of para-hydroxylation sites is 1. The van der Waals surface area contributed by atoms with Gasteiger partial charge in [-0.2, -0.15) is 11.3 Å². The number of thiophene rings is 1. The summed E-state index contributed by atoms with van der Waals surface area (Å²) in [5, 5.41) is 9.55. The van der Waals surface area contributed by atoms with Crippen LogP contribution in [-0.4, -0.2) is 27.5 Å². The molecule has 2 fully saturated rings. The van der Waals surface area contributed by atoms with Crippen molar-refractivity contribution in [3.05, 3.63) is 64.9 Å². The first kappa shape index (κ1) is 20.9. The summed E-state index contributed by atoms with van der Waals surface area (Å²) in [6.45, 7) is 4.47. The van der Waals surface area contributed by atoms with E-state index < -0.39 is 0 Å². The Morgan fingerprint density at radius 3 is 2.73 bits per heavy atom. The molecule has 1 spiro atoms. The summed E-state index contributed by atoms with van der Waals surface area (Å²) in [4.78, 5) is 6.17. The van der Waals surface area contributed by atoms with E-state index >= 15 is 0 Å². The molecule has 3 aliphatic rings. The Morgan fingerprint density at radius 2 is 2.03 bits per heavy atom. The van der Waals surface area contributed by atoms with E-state index in [-0.39, 0.29) is 17.0 Å². The number of H-pyrrole nitrogens is 1. The number of hydrogen-bond donors (Lipinski definition) is 4. The molecule has 5 nitrogen and oxygen atoms in total. The second-order valence-electron chi connectivity index (χ2n) is 10.2. The quantitative estimate of drug-likeness (QED) is 0.424. The highest BCUT2D eigenvalue weighted by Crippen LogP contribution is 2.69. The zero-order valence-corrected chi connectivity index (χ0v) is 20.2. The largest absolute Gasteiger partial charge is 0.403 e. The van der Waals surface area contributed by atoms with Crippen molar-refractivity contribution in [2.75, 3.05) is 0 Å². The third-order valence-corrected chi connectivity index (χ3v) is 9.20. The van der Waals surface area contributed by atoms with Crippen LogP contribution >= 0.6 is 11.3 Å². The molecule has 1 aromatic carbocycles. The van der Waals surface area contributed by atoms with Gasteiger partial charge in [0.1, 0.15) is 0 Å². The number of nitrogens with zero attached hydrogens (tertiary/aromatic N) is 1. The lowest BCUT2D eigenvalue weighted by molar-refractivity contribution is 0.202. The van der Waals surface area contributed by atoms with E-state index in [1.54, 1.807) is 17.5 Å². The van der Waals surface area contributed by atoms with Crippen LogP contribution in [0.15, 0.2) is 59.2 Å². The average Bonchev–Trinajstić information content (AvgIpc) is 3.30. The zero-order valence-electron chi connectivity index (χ0n) is 19.4. The van der Waals surface area contributed by atoms with Crippen LogP contribution in [0.2, 0.25) is 0 Å². The predicted molar refractivity (Wildman–Crippen MR) is 138 cm³/mol. The smallest absolute Gasteiger partial charge is 0.0797 e. The number of nitrogens with one attached hydrogen (secondary N) is 2. The zero-order chi connectivity index (χ0) is 22.8. The predicted octanol–water partition coefficient (Wildman–Crippen LogP) is 5.34. The lowest BCUT2D eigenvalue weighted by Gasteiger charge is -2.40. The van der Waals surface area contributed by atoms with Crippen molar-refractivity contribution in [2.24, 2.45) is 16.9 Å². The van der Waals surface area contributed by atoms with Crippen LogP contribution in [-0.2, 0) is 0 Å². The lowest BCUT2D eigenvalue weighted by Crippen LogP contribution is -2.48. The summed E-state index contributed by atoms with van der Waals surface area (Å²) in [6, 6.07) is 11.2. The topological polar surface area (TPSA) is 83.1 Å². The second-order valence-corrected chi connectivity index (χ2v) is 10.9. The summed E-state index contributed by atoms with van der Waals surface area (Å²) in [5.41, 5.74) is 19.9. The van der Waals surface area contributed by atoms with Crippen LogP contribution in [0.25, 0.3) is 27.7 Å². The first-order chi connectivity index (χ1) is 16.0. The summed E-state index contributed by atoms with van der Waals surface area (Å²) in [6.07, 6.45) is 10.2. The number of aromatic nitrogens is 1. The SMILES string of the molecule is CC(N)C1=C(c2cc3cccc(-c4ccsc4)c3[nH]2)NC2C3(CCCCC3)C2(C)N1/C=C\N. The maximum absolute atomic E-state index is 6.65. The molecule has 3 heterocycles. The minimum atomic E-state index is -0.134. The molecule has 0 radical (unpaired) electrons. The average molecular weight is 460 g/mol. The van der Waals surface area contributed by atoms with Gasteiger partial charge in [-0.25, -0.2) is 0 Å². The van der Waals surface area contributed by atoms with Gasteiger partial charge in [-0.05, 0) is 55.1 Å². The molecule has 6 heteroatoms. The molecule has 33 heavy (non-hydrogen) atoms. The molecule has 1 aliphatic heterocycles. The molecule has 2 aromatic heterocycles. The van der Waals surface area contributed by atoms with E-state index in [1.807, 2.05) is 0 Å². The maximum Gasteiger partial charge on any atom is 0.0797 e. The molecule has 2 saturated carbocycles. The Kier molecular flexibility index (Phi) is 4.68. The third-order valence-electron chi connectivity index (χ3n) is 8.51. The van der Waals surface area contributed by atoms with Gasteiger partial charge in [-0.15, -0.1) is 0 Å². The molecular formula is C27H33N5S. The van der Waals surface area contributed by atoms with Crippen molar-refractivity contribution in [3.8, 4) is 11.1 Å². The van der Waals surface area contributed by atoms with Gasteiger partial charge in [0.2, 0.25) is 0 Å². The van der Waals surface area contributed by atoms with Crippen LogP contribution in [0.4, 0.5) is 0 Å². The fraction of sp³-hybridized carbons (Fsp3) is 0.407. The third kappa shape index (κ3) is 2.80. The van der Waals surface area contributed by atoms with Crippen molar-refractivity contribution >= 4 is 27.9 Å². The van der Waals surface area contributed by atoms with E-state index in [0.29, 0.717) is 6.04 Å². The van der Waals surface area contributed by atoms with Gasteiger partial charge in [0.05, 0.1) is 34.2 Å². The highest BCUT2D eigenvalue weighted by molar-refractivity contribution is 7.08. The Hall–Kier alpha value is -2.70. The molecule has 3 aromatic rings. The number of rotatable bonds is 4. The summed E-state index contributed by atoms with van der Waals surface area (Å²) in [5.74, 6) is 0. The number of fused-ring (bicyclic) bond motifs is 4. The van der Waals surface area contributed by atoms with Gasteiger partial charge < -0.3 is 26.7 Å². The van der Waals surface area contributed by atoms with E-state index in [9.17, 15) is 0 Å². The monoisotopic (exact) mass is 459 g/mol. The van der Waals surface area contributed by atoms with Gasteiger partial charge in [-0.1, -0.05) is 37.5 Å². The second kappa shape index (κ2) is 7.40. The van der Waals surface area contributed by atoms with Crippen molar-refractivity contribution in [2.45, 2.75) is 63.6 Å². The fourth-order valence-electron chi connectivity index (χ4n) is 6.91. The molecular weight excluding hydrogens is 426 g/mol. The van der Waals surface area contributed by atoms with Crippen LogP contribution in [0.3, 0.4) is 0 Å². The summed E-state index contributed by atoms with van der Waals surface area (Å²) >= 11 is 1.73. The molecule has 2 aliphatic carbocycles. The van der Waals surface area contributed by atoms with Gasteiger partial charge in [0, 0.05) is 34.8 Å². The van der Waals surface area contributed by atoms with Crippen LogP contribution in [0.5, 0.6) is 0 Å². The van der Waals surface area contributed by atoms with Crippen molar-refractivity contribution in [1.82, 2.24) is 15.2 Å². The summed E-state index contributed by atoms with van der Waals surface area (Å²) < 4.78 is 0. The summed E-state index contributed by atoms with van der Waals surface area (Å²) in [7, 11) is 0. The number of benzene rings is 1. The Morgan fingerprint density at radius 1 is 1.21 bits per heavy atom. The minimum Gasteiger partial charge on any atom is -0.403 e. The molecule has 3 atom stereocenters. The van der Waals surface area contributed by atoms with Crippen molar-refractivity contribution < 1.29 is 0 Å². The number of hydrogen-bond acceptors (Lipinski definition) is 5. The molecule has 6 N–H and O–H groups in total. The van der Waals surface area contributed by atoms with Crippen molar-refractivity contribution in [1.29, 1.82) is 0 Å². The molecule has 0 saturated heterocycles. The molecule has 0 bridgehead atoms. The van der Waals surface area contributed by atoms with Crippen LogP contribution in [0, 0.1) is 5.41 Å². The van der Waals surface area contributed by atoms with Gasteiger partial charge >= 0.3 is 0 Å². The molecule has 172 valence electrons. The Labute approximate surface area is 199 Å². The molecule has 6 rings (SSSR count). The van der Waals surface area contributed by atoms with Crippen LogP contribution < -0.4 is 16.8 Å². The van der Waals surface area contributed by atoms with E-state index in [1.165, 1.54) is 54.1 Å². The normalized spacial score (nSPS) is 27.2. The first-order valence-electron chi connectivity index (χ1n) is 12.1. The fourth-order valence-corrected chi connectivity index (χ4v) is 7.56. The number of aromatic amines is 1. The van der Waals surface area contributed by atoms with E-state index in [0.717, 1.165) is 17.1 Å². The highest BCUT2D eigenvalue weighted by Gasteiger charge is 2.77. The van der Waals surface area contributed by atoms with Crippen LogP contribution in [0.1, 0.15) is 51.6 Å². The van der Waals surface area contributed by atoms with Gasteiger partial charge in [-0.3, -0.25) is 0 Å². The standard InChI is InChI=1S/C27H33N5S/c1-17(29)24-23(21-15-18-7-6-8-20(22(18)30-21)19-9-14-33-16-19)31-25-26(2,32(24)13-12-28)27(25)10-4-3-5-11-27/h6-9,12-17,25,30-31H,3-5,10-11,28-29H2,1-2H3/b13-12-.